The summed E-state index contributed by atoms with van der Waals surface area (Å²) in [7, 11) is 0. The van der Waals surface area contributed by atoms with Crippen LogP contribution in [-0.2, 0) is 4.74 Å². The van der Waals surface area contributed by atoms with Crippen LogP contribution in [0.4, 0.5) is 5.69 Å². The summed E-state index contributed by atoms with van der Waals surface area (Å²) in [5.74, 6) is -0.570. The van der Waals surface area contributed by atoms with Crippen LogP contribution in [0.15, 0.2) is 22.7 Å². The first-order valence-electron chi connectivity index (χ1n) is 8.51. The average molecular weight is 347 g/mol. The normalized spacial score (nSPS) is 18.4. The molecule has 8 heteroatoms. The number of carbonyl (C=O) groups excluding carboxylic acids is 1. The van der Waals surface area contributed by atoms with Crippen LogP contribution in [0.25, 0.3) is 11.0 Å². The lowest BCUT2D eigenvalue weighted by molar-refractivity contribution is -0.384. The number of fused-ring (bicyclic) bond motifs is 1. The SMILES string of the molecule is CC1CCCCN1CCCOC(=O)c1noc2cc([N+](=O)[O-])ccc12. The van der Waals surface area contributed by atoms with Gasteiger partial charge >= 0.3 is 5.97 Å². The van der Waals surface area contributed by atoms with Crippen molar-refractivity contribution in [3.63, 3.8) is 0 Å². The molecule has 3 rings (SSSR count). The Morgan fingerprint density at radius 3 is 3.08 bits per heavy atom. The summed E-state index contributed by atoms with van der Waals surface area (Å²) in [5.41, 5.74) is 0.138. The van der Waals surface area contributed by atoms with Crippen LogP contribution in [0.1, 0.15) is 43.1 Å². The molecular weight excluding hydrogens is 326 g/mol. The Bertz CT molecular complexity index is 773. The Hall–Kier alpha value is -2.48. The van der Waals surface area contributed by atoms with Gasteiger partial charge in [0.2, 0.25) is 0 Å². The summed E-state index contributed by atoms with van der Waals surface area (Å²) in [6.45, 7) is 4.54. The van der Waals surface area contributed by atoms with Crippen molar-refractivity contribution in [2.75, 3.05) is 19.7 Å². The number of ether oxygens (including phenoxy) is 1. The molecule has 0 aliphatic carbocycles. The van der Waals surface area contributed by atoms with E-state index in [1.54, 1.807) is 0 Å². The Morgan fingerprint density at radius 2 is 2.32 bits per heavy atom. The van der Waals surface area contributed by atoms with E-state index in [1.165, 1.54) is 37.5 Å². The second kappa shape index (κ2) is 7.60. The van der Waals surface area contributed by atoms with Gasteiger partial charge in [0, 0.05) is 18.7 Å². The fraction of sp³-hybridized carbons (Fsp3) is 0.529. The lowest BCUT2D eigenvalue weighted by atomic mass is 10.0. The van der Waals surface area contributed by atoms with Gasteiger partial charge in [-0.1, -0.05) is 11.6 Å². The summed E-state index contributed by atoms with van der Waals surface area (Å²) in [6, 6.07) is 4.60. The van der Waals surface area contributed by atoms with E-state index < -0.39 is 10.9 Å². The molecule has 0 amide bonds. The van der Waals surface area contributed by atoms with Gasteiger partial charge in [-0.05, 0) is 38.8 Å². The van der Waals surface area contributed by atoms with E-state index in [1.807, 2.05) is 0 Å². The molecule has 1 fully saturated rings. The molecule has 0 saturated carbocycles. The summed E-state index contributed by atoms with van der Waals surface area (Å²) < 4.78 is 10.3. The third-order valence-electron chi connectivity index (χ3n) is 4.62. The van der Waals surface area contributed by atoms with Crippen LogP contribution in [0.5, 0.6) is 0 Å². The topological polar surface area (TPSA) is 98.7 Å². The molecule has 1 saturated heterocycles. The Balaban J connectivity index is 1.54. The summed E-state index contributed by atoms with van der Waals surface area (Å²) in [4.78, 5) is 24.8. The molecule has 1 atom stereocenters. The standard InChI is InChI=1S/C17H21N3O5/c1-12-5-2-3-8-19(12)9-4-10-24-17(21)16-14-7-6-13(20(22)23)11-15(14)25-18-16/h6-7,11-12H,2-5,8-10H2,1H3. The van der Waals surface area contributed by atoms with Gasteiger partial charge in [0.25, 0.3) is 5.69 Å². The second-order valence-electron chi connectivity index (χ2n) is 6.34. The molecule has 8 nitrogen and oxygen atoms in total. The number of hydrogen-bond donors (Lipinski definition) is 0. The fourth-order valence-electron chi connectivity index (χ4n) is 3.18. The van der Waals surface area contributed by atoms with Gasteiger partial charge < -0.3 is 14.2 Å². The quantitative estimate of drug-likeness (QED) is 0.342. The van der Waals surface area contributed by atoms with Gasteiger partial charge in [-0.25, -0.2) is 4.79 Å². The molecular formula is C17H21N3O5. The van der Waals surface area contributed by atoms with Gasteiger partial charge in [-0.3, -0.25) is 10.1 Å². The molecule has 1 aliphatic rings. The number of nitro benzene ring substituents is 1. The van der Waals surface area contributed by atoms with Gasteiger partial charge in [-0.15, -0.1) is 0 Å². The van der Waals surface area contributed by atoms with Crippen molar-refractivity contribution in [3.8, 4) is 0 Å². The second-order valence-corrected chi connectivity index (χ2v) is 6.34. The maximum atomic E-state index is 12.2. The predicted molar refractivity (Wildman–Crippen MR) is 90.4 cm³/mol. The van der Waals surface area contributed by atoms with E-state index in [9.17, 15) is 14.9 Å². The summed E-state index contributed by atoms with van der Waals surface area (Å²) >= 11 is 0. The Labute approximate surface area is 144 Å². The number of aromatic nitrogens is 1. The van der Waals surface area contributed by atoms with Crippen molar-refractivity contribution in [1.82, 2.24) is 10.1 Å². The lowest BCUT2D eigenvalue weighted by Crippen LogP contribution is -2.38. The van der Waals surface area contributed by atoms with Crippen LogP contribution in [0.3, 0.4) is 0 Å². The van der Waals surface area contributed by atoms with Gasteiger partial charge in [-0.2, -0.15) is 0 Å². The highest BCUT2D eigenvalue weighted by atomic mass is 16.6. The third kappa shape index (κ3) is 3.96. The van der Waals surface area contributed by atoms with Gasteiger partial charge in [0.05, 0.1) is 23.0 Å². The minimum Gasteiger partial charge on any atom is -0.461 e. The van der Waals surface area contributed by atoms with Crippen LogP contribution >= 0.6 is 0 Å². The van der Waals surface area contributed by atoms with Crippen molar-refractivity contribution >= 4 is 22.6 Å². The van der Waals surface area contributed by atoms with Crippen LogP contribution < -0.4 is 0 Å². The first-order valence-corrected chi connectivity index (χ1v) is 8.51. The fourth-order valence-corrected chi connectivity index (χ4v) is 3.18. The predicted octanol–water partition coefficient (Wildman–Crippen LogP) is 3.16. The minimum absolute atomic E-state index is 0.0521. The highest BCUT2D eigenvalue weighted by molar-refractivity contribution is 6.01. The maximum absolute atomic E-state index is 12.2. The van der Waals surface area contributed by atoms with E-state index in [2.05, 4.69) is 17.0 Å². The number of non-ortho nitro benzene ring substituents is 1. The van der Waals surface area contributed by atoms with E-state index in [4.69, 9.17) is 9.26 Å². The molecule has 1 unspecified atom stereocenters. The molecule has 1 aliphatic heterocycles. The summed E-state index contributed by atoms with van der Waals surface area (Å²) in [6.07, 6.45) is 4.49. The van der Waals surface area contributed by atoms with Crippen molar-refractivity contribution in [3.05, 3.63) is 34.0 Å². The number of rotatable bonds is 6. The number of esters is 1. The minimum atomic E-state index is -0.570. The van der Waals surface area contributed by atoms with Gasteiger partial charge in [0.15, 0.2) is 11.3 Å². The Morgan fingerprint density at radius 1 is 1.48 bits per heavy atom. The smallest absolute Gasteiger partial charge is 0.361 e. The molecule has 0 spiro atoms. The molecule has 1 aromatic heterocycles. The van der Waals surface area contributed by atoms with Crippen molar-refractivity contribution in [2.45, 2.75) is 38.6 Å². The summed E-state index contributed by atoms with van der Waals surface area (Å²) in [5, 5.41) is 14.9. The van der Waals surface area contributed by atoms with Crippen LogP contribution in [0, 0.1) is 10.1 Å². The number of hydrogen-bond acceptors (Lipinski definition) is 7. The largest absolute Gasteiger partial charge is 0.461 e. The monoisotopic (exact) mass is 347 g/mol. The number of likely N-dealkylation sites (tertiary alicyclic amines) is 1. The highest BCUT2D eigenvalue weighted by Crippen LogP contribution is 2.24. The third-order valence-corrected chi connectivity index (χ3v) is 4.62. The van der Waals surface area contributed by atoms with E-state index in [0.29, 0.717) is 18.0 Å². The molecule has 2 aromatic rings. The van der Waals surface area contributed by atoms with Crippen molar-refractivity contribution < 1.29 is 19.0 Å². The first kappa shape index (κ1) is 17.3. The molecule has 0 bridgehead atoms. The number of piperidine rings is 1. The van der Waals surface area contributed by atoms with Crippen molar-refractivity contribution in [1.29, 1.82) is 0 Å². The van der Waals surface area contributed by atoms with Crippen LogP contribution in [0.2, 0.25) is 0 Å². The van der Waals surface area contributed by atoms with Crippen molar-refractivity contribution in [2.24, 2.45) is 0 Å². The zero-order valence-corrected chi connectivity index (χ0v) is 14.1. The first-order chi connectivity index (χ1) is 12.1. The lowest BCUT2D eigenvalue weighted by Gasteiger charge is -2.33. The molecule has 25 heavy (non-hydrogen) atoms. The maximum Gasteiger partial charge on any atom is 0.361 e. The molecule has 0 radical (unpaired) electrons. The zero-order chi connectivity index (χ0) is 17.8. The molecule has 134 valence electrons. The van der Waals surface area contributed by atoms with E-state index in [-0.39, 0.29) is 17.0 Å². The van der Waals surface area contributed by atoms with Gasteiger partial charge in [0.1, 0.15) is 0 Å². The van der Waals surface area contributed by atoms with E-state index in [0.717, 1.165) is 19.5 Å². The Kier molecular flexibility index (Phi) is 5.28. The highest BCUT2D eigenvalue weighted by Gasteiger charge is 2.21. The number of nitro groups is 1. The zero-order valence-electron chi connectivity index (χ0n) is 14.1. The van der Waals surface area contributed by atoms with E-state index >= 15 is 0 Å². The number of carbonyl (C=O) groups is 1. The molecule has 1 aromatic carbocycles. The molecule has 2 heterocycles. The number of nitrogens with zero attached hydrogens (tertiary/aromatic N) is 3. The van der Waals surface area contributed by atoms with Crippen LogP contribution in [-0.4, -0.2) is 46.7 Å². The molecule has 0 N–H and O–H groups in total. The number of benzene rings is 1. The average Bonchev–Trinajstić information content (AvgIpc) is 3.03.